The number of ether oxygens (including phenoxy) is 1. The largest absolute Gasteiger partial charge is 0.456 e. The minimum absolute atomic E-state index is 0. The van der Waals surface area contributed by atoms with Crippen LogP contribution in [0.2, 0.25) is 0 Å². The van der Waals surface area contributed by atoms with Crippen molar-refractivity contribution in [3.8, 4) is 17.6 Å². The first kappa shape index (κ1) is 23.9. The number of nitriles is 1. The lowest BCUT2D eigenvalue weighted by Crippen LogP contribution is -2.39. The summed E-state index contributed by atoms with van der Waals surface area (Å²) in [6.45, 7) is 2.08. The van der Waals surface area contributed by atoms with Crippen LogP contribution >= 0.6 is 12.4 Å². The predicted octanol–water partition coefficient (Wildman–Crippen LogP) is 4.81. The summed E-state index contributed by atoms with van der Waals surface area (Å²) in [7, 11) is 0. The maximum atomic E-state index is 13.3. The van der Waals surface area contributed by atoms with Crippen molar-refractivity contribution in [2.45, 2.75) is 31.8 Å². The number of amides is 1. The molecule has 0 spiro atoms. The van der Waals surface area contributed by atoms with Crippen molar-refractivity contribution in [2.75, 3.05) is 18.0 Å². The number of fused-ring (bicyclic) bond motifs is 7. The van der Waals surface area contributed by atoms with Gasteiger partial charge in [-0.05, 0) is 67.1 Å². The number of nitrogens with zero attached hydrogens (tertiary/aromatic N) is 4. The fourth-order valence-corrected chi connectivity index (χ4v) is 5.05. The van der Waals surface area contributed by atoms with Gasteiger partial charge in [-0.1, -0.05) is 24.3 Å². The van der Waals surface area contributed by atoms with Gasteiger partial charge in [0.25, 0.3) is 0 Å². The minimum atomic E-state index is -0.175. The molecule has 1 fully saturated rings. The Morgan fingerprint density at radius 3 is 2.94 bits per heavy atom. The predicted molar refractivity (Wildman–Crippen MR) is 141 cm³/mol. The number of imidazole rings is 1. The highest BCUT2D eigenvalue weighted by atomic mass is 35.5. The van der Waals surface area contributed by atoms with E-state index in [1.54, 1.807) is 6.07 Å². The molecule has 1 saturated heterocycles. The Morgan fingerprint density at radius 2 is 2.06 bits per heavy atom. The van der Waals surface area contributed by atoms with Crippen LogP contribution < -0.4 is 15.0 Å². The monoisotopic (exact) mass is 499 g/mol. The highest BCUT2D eigenvalue weighted by molar-refractivity contribution is 6.07. The zero-order valence-electron chi connectivity index (χ0n) is 19.7. The van der Waals surface area contributed by atoms with Crippen LogP contribution in [-0.4, -0.2) is 34.6 Å². The third kappa shape index (κ3) is 4.41. The lowest BCUT2D eigenvalue weighted by atomic mass is 10.1. The number of halogens is 1. The average Bonchev–Trinajstić information content (AvgIpc) is 3.47. The second-order valence-corrected chi connectivity index (χ2v) is 9.11. The van der Waals surface area contributed by atoms with Crippen molar-refractivity contribution in [3.63, 3.8) is 0 Å². The highest BCUT2D eigenvalue weighted by Crippen LogP contribution is 2.35. The molecule has 3 heterocycles. The van der Waals surface area contributed by atoms with Crippen LogP contribution in [0.1, 0.15) is 29.7 Å². The van der Waals surface area contributed by atoms with E-state index < -0.39 is 0 Å². The van der Waals surface area contributed by atoms with Crippen LogP contribution in [0.25, 0.3) is 10.8 Å². The summed E-state index contributed by atoms with van der Waals surface area (Å²) < 4.78 is 8.38. The lowest BCUT2D eigenvalue weighted by molar-refractivity contribution is -0.118. The normalized spacial score (nSPS) is 17.5. The molecule has 0 unspecified atom stereocenters. The van der Waals surface area contributed by atoms with Crippen LogP contribution in [0.3, 0.4) is 0 Å². The van der Waals surface area contributed by atoms with Gasteiger partial charge in [-0.25, -0.2) is 4.98 Å². The Hall–Kier alpha value is -3.86. The zero-order valence-corrected chi connectivity index (χ0v) is 20.5. The number of rotatable bonds is 0. The van der Waals surface area contributed by atoms with Crippen molar-refractivity contribution in [2.24, 2.45) is 0 Å². The number of nitrogens with one attached hydrogen (secondary N) is 1. The summed E-state index contributed by atoms with van der Waals surface area (Å²) in [5, 5.41) is 15.1. The van der Waals surface area contributed by atoms with Gasteiger partial charge in [-0.15, -0.1) is 12.4 Å². The van der Waals surface area contributed by atoms with Gasteiger partial charge in [0.15, 0.2) is 0 Å². The van der Waals surface area contributed by atoms with Crippen LogP contribution in [0.4, 0.5) is 5.69 Å². The number of hydrogen-bond donors (Lipinski definition) is 1. The number of carbonyl (C=O) groups excluding carboxylic acids is 1. The SMILES string of the molecule is Cl.N#Cc1ccc2cc1Oc1ccc3cccc(c3c1)N1CC[C@H](NCCCc3cncn3C2)C1=O. The van der Waals surface area contributed by atoms with Gasteiger partial charge in [0, 0.05) is 30.4 Å². The van der Waals surface area contributed by atoms with E-state index >= 15 is 0 Å². The molecule has 0 aliphatic carbocycles. The van der Waals surface area contributed by atoms with Gasteiger partial charge in [0.2, 0.25) is 5.91 Å². The second-order valence-electron chi connectivity index (χ2n) is 9.11. The van der Waals surface area contributed by atoms with E-state index in [4.69, 9.17) is 4.74 Å². The third-order valence-corrected chi connectivity index (χ3v) is 6.87. The van der Waals surface area contributed by atoms with Gasteiger partial charge in [-0.3, -0.25) is 4.79 Å². The molecule has 1 amide bonds. The molecule has 4 aromatic rings. The van der Waals surface area contributed by atoms with E-state index in [1.807, 2.05) is 66.0 Å². The van der Waals surface area contributed by atoms with E-state index in [1.165, 1.54) is 0 Å². The van der Waals surface area contributed by atoms with E-state index in [0.29, 0.717) is 30.2 Å². The van der Waals surface area contributed by atoms with Crippen LogP contribution in [0, 0.1) is 11.3 Å². The van der Waals surface area contributed by atoms with Gasteiger partial charge >= 0.3 is 0 Å². The molecule has 7 nitrogen and oxygen atoms in total. The smallest absolute Gasteiger partial charge is 0.244 e. The van der Waals surface area contributed by atoms with E-state index in [0.717, 1.165) is 53.5 Å². The third-order valence-electron chi connectivity index (χ3n) is 6.87. The number of carbonyl (C=O) groups is 1. The molecular formula is C28H26ClN5O2. The molecule has 6 rings (SSSR count). The van der Waals surface area contributed by atoms with Crippen LogP contribution in [0.15, 0.2) is 67.1 Å². The Labute approximate surface area is 215 Å². The Morgan fingerprint density at radius 1 is 1.14 bits per heavy atom. The lowest BCUT2D eigenvalue weighted by Gasteiger charge is -2.20. The molecule has 1 atom stereocenters. The number of hydrogen-bond acceptors (Lipinski definition) is 5. The first-order chi connectivity index (χ1) is 17.2. The standard InChI is InChI=1S/C28H25N5O2.ClH/c29-15-21-7-6-19-13-27(21)35-23-9-8-20-3-1-5-26(24(20)14-23)33-12-10-25(28(33)34)31-11-2-4-22-16-30-18-32(22)17-19;/h1,3,5-9,13-14,16,18,25,31H,2,4,10-12,17H2;1H/t25-;/m0./s1. The Bertz CT molecular complexity index is 1470. The molecule has 36 heavy (non-hydrogen) atoms. The molecule has 182 valence electrons. The molecule has 1 aromatic heterocycles. The molecule has 1 N–H and O–H groups in total. The van der Waals surface area contributed by atoms with Crippen LogP contribution in [0.5, 0.6) is 11.5 Å². The number of aromatic nitrogens is 2. The Balaban J connectivity index is 0.00000267. The molecular weight excluding hydrogens is 474 g/mol. The van der Waals surface area contributed by atoms with E-state index in [-0.39, 0.29) is 24.4 Å². The summed E-state index contributed by atoms with van der Waals surface area (Å²) in [5.74, 6) is 1.25. The van der Waals surface area contributed by atoms with E-state index in [9.17, 15) is 10.1 Å². The first-order valence-electron chi connectivity index (χ1n) is 12.0. The summed E-state index contributed by atoms with van der Waals surface area (Å²) in [4.78, 5) is 19.5. The van der Waals surface area contributed by atoms with Crippen LogP contribution in [-0.2, 0) is 17.8 Å². The quantitative estimate of drug-likeness (QED) is 0.375. The summed E-state index contributed by atoms with van der Waals surface area (Å²) in [6, 6.07) is 19.6. The van der Waals surface area contributed by atoms with E-state index in [2.05, 4.69) is 20.9 Å². The van der Waals surface area contributed by atoms with Gasteiger partial charge in [-0.2, -0.15) is 5.26 Å². The minimum Gasteiger partial charge on any atom is -0.456 e. The zero-order chi connectivity index (χ0) is 23.8. The topological polar surface area (TPSA) is 83.2 Å². The molecule has 8 heteroatoms. The van der Waals surface area contributed by atoms with Crippen molar-refractivity contribution in [3.05, 3.63) is 83.9 Å². The van der Waals surface area contributed by atoms with Crippen molar-refractivity contribution in [1.82, 2.24) is 14.9 Å². The second kappa shape index (κ2) is 10.0. The molecule has 3 aromatic carbocycles. The maximum Gasteiger partial charge on any atom is 0.244 e. The molecule has 0 radical (unpaired) electrons. The molecule has 0 saturated carbocycles. The van der Waals surface area contributed by atoms with Crippen molar-refractivity contribution >= 4 is 34.8 Å². The molecule has 6 bridgehead atoms. The van der Waals surface area contributed by atoms with Crippen molar-refractivity contribution in [1.29, 1.82) is 5.26 Å². The molecule has 2 aliphatic heterocycles. The van der Waals surface area contributed by atoms with Gasteiger partial charge in [0.05, 0.1) is 23.6 Å². The first-order valence-corrected chi connectivity index (χ1v) is 12.0. The fourth-order valence-electron chi connectivity index (χ4n) is 5.05. The maximum absolute atomic E-state index is 13.3. The highest BCUT2D eigenvalue weighted by Gasteiger charge is 2.32. The van der Waals surface area contributed by atoms with Gasteiger partial charge in [0.1, 0.15) is 17.6 Å². The van der Waals surface area contributed by atoms with Gasteiger partial charge < -0.3 is 19.5 Å². The summed E-state index contributed by atoms with van der Waals surface area (Å²) in [6.07, 6.45) is 6.29. The van der Waals surface area contributed by atoms with Crippen molar-refractivity contribution < 1.29 is 9.53 Å². The number of aryl methyl sites for hydroxylation is 1. The number of benzene rings is 3. The average molecular weight is 500 g/mol. The molecule has 2 aliphatic rings. The fraction of sp³-hybridized carbons (Fsp3) is 0.250. The summed E-state index contributed by atoms with van der Waals surface area (Å²) >= 11 is 0. The Kier molecular flexibility index (Phi) is 6.64. The number of anilines is 1. The summed E-state index contributed by atoms with van der Waals surface area (Å²) in [5.41, 5.74) is 3.54.